The molecule has 1 fully saturated rings. The Bertz CT molecular complexity index is 353. The number of hydrogen-bond acceptors (Lipinski definition) is 4. The molecule has 0 aromatic rings. The smallest absolute Gasteiger partial charge is 0.239 e. The van der Waals surface area contributed by atoms with E-state index in [9.17, 15) is 13.2 Å². The van der Waals surface area contributed by atoms with Crippen LogP contribution >= 0.6 is 0 Å². The van der Waals surface area contributed by atoms with Gasteiger partial charge in [0.05, 0.1) is 11.2 Å². The highest BCUT2D eigenvalue weighted by molar-refractivity contribution is 7.90. The van der Waals surface area contributed by atoms with Gasteiger partial charge >= 0.3 is 0 Å². The van der Waals surface area contributed by atoms with Crippen LogP contribution in [-0.4, -0.2) is 33.2 Å². The molecule has 0 aromatic carbocycles. The third-order valence-electron chi connectivity index (χ3n) is 3.40. The van der Waals surface area contributed by atoms with Crippen molar-refractivity contribution in [3.8, 4) is 0 Å². The lowest BCUT2D eigenvalue weighted by Crippen LogP contribution is -2.49. The van der Waals surface area contributed by atoms with Crippen LogP contribution in [-0.2, 0) is 14.8 Å². The van der Waals surface area contributed by atoms with Crippen molar-refractivity contribution in [3.63, 3.8) is 0 Å². The monoisotopic (exact) mass is 262 g/mol. The second-order valence-corrected chi connectivity index (χ2v) is 6.63. The Morgan fingerprint density at radius 1 is 1.29 bits per heavy atom. The summed E-state index contributed by atoms with van der Waals surface area (Å²) < 4.78 is 25.1. The van der Waals surface area contributed by atoms with Crippen molar-refractivity contribution in [3.05, 3.63) is 0 Å². The molecule has 0 saturated carbocycles. The third-order valence-corrected chi connectivity index (χ3v) is 4.66. The van der Waals surface area contributed by atoms with Crippen molar-refractivity contribution in [1.82, 2.24) is 10.0 Å². The molecule has 0 spiro atoms. The summed E-state index contributed by atoms with van der Waals surface area (Å²) in [4.78, 5) is 12.2. The Hall–Kier alpha value is -0.620. The molecule has 2 N–H and O–H groups in total. The molecule has 1 heterocycles. The van der Waals surface area contributed by atoms with Crippen LogP contribution in [0.5, 0.6) is 0 Å². The maximum Gasteiger partial charge on any atom is 0.239 e. The normalized spacial score (nSPS) is 19.9. The number of hydrogen-bond donors (Lipinski definition) is 2. The van der Waals surface area contributed by atoms with Gasteiger partial charge in [0.1, 0.15) is 0 Å². The summed E-state index contributed by atoms with van der Waals surface area (Å²) in [6, 6.07) is 0. The molecule has 6 heteroatoms. The average molecular weight is 262 g/mol. The first-order valence-electron chi connectivity index (χ1n) is 6.21. The van der Waals surface area contributed by atoms with Gasteiger partial charge in [0.25, 0.3) is 0 Å². The van der Waals surface area contributed by atoms with Gasteiger partial charge in [-0.15, -0.1) is 0 Å². The molecule has 0 radical (unpaired) electrons. The predicted molar refractivity (Wildman–Crippen MR) is 67.0 cm³/mol. The summed E-state index contributed by atoms with van der Waals surface area (Å²) in [6.07, 6.45) is 3.07. The van der Waals surface area contributed by atoms with Gasteiger partial charge in [-0.3, -0.25) is 9.52 Å². The summed E-state index contributed by atoms with van der Waals surface area (Å²) in [6.45, 7) is 5.11. The Morgan fingerprint density at radius 3 is 2.35 bits per heavy atom. The highest BCUT2D eigenvalue weighted by Gasteiger charge is 2.39. The minimum Gasteiger partial charge on any atom is -0.317 e. The largest absolute Gasteiger partial charge is 0.317 e. The highest BCUT2D eigenvalue weighted by Crippen LogP contribution is 2.34. The van der Waals surface area contributed by atoms with Crippen molar-refractivity contribution in [2.24, 2.45) is 5.41 Å². The molecule has 17 heavy (non-hydrogen) atoms. The van der Waals surface area contributed by atoms with E-state index < -0.39 is 15.4 Å². The number of amides is 1. The van der Waals surface area contributed by atoms with E-state index in [1.165, 1.54) is 6.92 Å². The van der Waals surface area contributed by atoms with Crippen LogP contribution in [0.2, 0.25) is 0 Å². The van der Waals surface area contributed by atoms with E-state index in [1.807, 2.05) is 6.92 Å². The van der Waals surface area contributed by atoms with Crippen molar-refractivity contribution >= 4 is 15.9 Å². The standard InChI is InChI=1S/C11H22N2O3S/c1-3-5-11(6-8-12-9-7-11)10(14)13-17(15,16)4-2/h12H,3-9H2,1-2H3,(H,13,14). The SMILES string of the molecule is CCCC1(C(=O)NS(=O)(=O)CC)CCNCC1. The van der Waals surface area contributed by atoms with Crippen molar-refractivity contribution in [1.29, 1.82) is 0 Å². The fourth-order valence-electron chi connectivity index (χ4n) is 2.30. The molecule has 1 aliphatic rings. The minimum atomic E-state index is -3.44. The molecule has 0 bridgehead atoms. The lowest BCUT2D eigenvalue weighted by atomic mass is 9.75. The minimum absolute atomic E-state index is 0.0564. The molecular formula is C11H22N2O3S. The molecule has 0 aliphatic carbocycles. The molecule has 1 rings (SSSR count). The lowest BCUT2D eigenvalue weighted by Gasteiger charge is -2.35. The van der Waals surface area contributed by atoms with Gasteiger partial charge in [-0.2, -0.15) is 0 Å². The highest BCUT2D eigenvalue weighted by atomic mass is 32.2. The second kappa shape index (κ2) is 5.82. The summed E-state index contributed by atoms with van der Waals surface area (Å²) in [5, 5.41) is 3.20. The van der Waals surface area contributed by atoms with E-state index in [2.05, 4.69) is 10.0 Å². The molecule has 0 atom stereocenters. The van der Waals surface area contributed by atoms with Crippen LogP contribution in [0.4, 0.5) is 0 Å². The van der Waals surface area contributed by atoms with Crippen LogP contribution in [0.3, 0.4) is 0 Å². The lowest BCUT2D eigenvalue weighted by molar-refractivity contribution is -0.131. The molecule has 1 amide bonds. The molecule has 1 saturated heterocycles. The molecule has 0 aromatic heterocycles. The quantitative estimate of drug-likeness (QED) is 0.761. The fourth-order valence-corrected chi connectivity index (χ4v) is 2.94. The van der Waals surface area contributed by atoms with E-state index >= 15 is 0 Å². The molecular weight excluding hydrogens is 240 g/mol. The van der Waals surface area contributed by atoms with Crippen LogP contribution in [0.25, 0.3) is 0 Å². The predicted octanol–water partition coefficient (Wildman–Crippen LogP) is 0.622. The number of rotatable bonds is 5. The van der Waals surface area contributed by atoms with Crippen molar-refractivity contribution in [2.45, 2.75) is 39.5 Å². The van der Waals surface area contributed by atoms with Gasteiger partial charge in [-0.05, 0) is 39.3 Å². The molecule has 1 aliphatic heterocycles. The Balaban J connectivity index is 2.80. The van der Waals surface area contributed by atoms with Gasteiger partial charge in [-0.1, -0.05) is 13.3 Å². The van der Waals surface area contributed by atoms with E-state index in [0.29, 0.717) is 12.8 Å². The van der Waals surface area contributed by atoms with E-state index in [0.717, 1.165) is 25.9 Å². The maximum absolute atomic E-state index is 12.2. The zero-order valence-electron chi connectivity index (χ0n) is 10.6. The molecule has 0 unspecified atom stereocenters. The summed E-state index contributed by atoms with van der Waals surface area (Å²) >= 11 is 0. The van der Waals surface area contributed by atoms with Crippen LogP contribution < -0.4 is 10.0 Å². The first kappa shape index (κ1) is 14.4. The van der Waals surface area contributed by atoms with Crippen LogP contribution in [0.15, 0.2) is 0 Å². The van der Waals surface area contributed by atoms with Gasteiger partial charge in [0.2, 0.25) is 15.9 Å². The van der Waals surface area contributed by atoms with Crippen LogP contribution in [0.1, 0.15) is 39.5 Å². The summed E-state index contributed by atoms with van der Waals surface area (Å²) in [5.41, 5.74) is -0.498. The number of nitrogens with one attached hydrogen (secondary N) is 2. The number of piperidine rings is 1. The zero-order chi connectivity index (χ0) is 12.9. The number of carbonyl (C=O) groups excluding carboxylic acids is 1. The summed E-state index contributed by atoms with van der Waals surface area (Å²) in [7, 11) is -3.44. The van der Waals surface area contributed by atoms with Gasteiger partial charge in [-0.25, -0.2) is 8.42 Å². The fraction of sp³-hybridized carbons (Fsp3) is 0.909. The second-order valence-electron chi connectivity index (χ2n) is 4.61. The van der Waals surface area contributed by atoms with Crippen molar-refractivity contribution < 1.29 is 13.2 Å². The number of sulfonamides is 1. The van der Waals surface area contributed by atoms with Gasteiger partial charge < -0.3 is 5.32 Å². The molecule has 100 valence electrons. The van der Waals surface area contributed by atoms with E-state index in [-0.39, 0.29) is 11.7 Å². The first-order chi connectivity index (χ1) is 7.96. The van der Waals surface area contributed by atoms with Crippen LogP contribution in [0, 0.1) is 5.41 Å². The van der Waals surface area contributed by atoms with E-state index in [4.69, 9.17) is 0 Å². The Labute approximate surface area is 103 Å². The average Bonchev–Trinajstić information content (AvgIpc) is 2.30. The Kier molecular flexibility index (Phi) is 4.94. The maximum atomic E-state index is 12.2. The van der Waals surface area contributed by atoms with E-state index in [1.54, 1.807) is 0 Å². The number of carbonyl (C=O) groups is 1. The first-order valence-corrected chi connectivity index (χ1v) is 7.86. The Morgan fingerprint density at radius 2 is 1.88 bits per heavy atom. The van der Waals surface area contributed by atoms with Gasteiger partial charge in [0, 0.05) is 0 Å². The van der Waals surface area contributed by atoms with Gasteiger partial charge in [0.15, 0.2) is 0 Å². The van der Waals surface area contributed by atoms with Crippen molar-refractivity contribution in [2.75, 3.05) is 18.8 Å². The topological polar surface area (TPSA) is 75.3 Å². The third kappa shape index (κ3) is 3.67. The summed E-state index contributed by atoms with van der Waals surface area (Å²) in [5.74, 6) is -0.373. The zero-order valence-corrected chi connectivity index (χ0v) is 11.4. The molecule has 5 nitrogen and oxygen atoms in total.